The van der Waals surface area contributed by atoms with Gasteiger partial charge in [-0.2, -0.15) is 0 Å². The van der Waals surface area contributed by atoms with Crippen LogP contribution in [-0.4, -0.2) is 44.1 Å². The molecule has 0 saturated heterocycles. The van der Waals surface area contributed by atoms with Gasteiger partial charge in [-0.15, -0.1) is 0 Å². The first-order valence-electron chi connectivity index (χ1n) is 7.39. The van der Waals surface area contributed by atoms with E-state index in [1.165, 1.54) is 37.4 Å². The largest absolute Gasteiger partial charge is 0.507 e. The van der Waals surface area contributed by atoms with Crippen LogP contribution in [0.15, 0.2) is 47.4 Å². The van der Waals surface area contributed by atoms with E-state index in [0.717, 1.165) is 0 Å². The van der Waals surface area contributed by atoms with Crippen LogP contribution in [0.3, 0.4) is 0 Å². The summed E-state index contributed by atoms with van der Waals surface area (Å²) in [6, 6.07) is 9.94. The molecule has 0 amide bonds. The Kier molecular flexibility index (Phi) is 5.87. The van der Waals surface area contributed by atoms with Crippen molar-refractivity contribution in [2.75, 3.05) is 19.5 Å². The van der Waals surface area contributed by atoms with E-state index in [9.17, 15) is 18.3 Å². The molecule has 0 spiro atoms. The van der Waals surface area contributed by atoms with Crippen molar-refractivity contribution in [3.05, 3.63) is 48.0 Å². The van der Waals surface area contributed by atoms with Crippen molar-refractivity contribution in [2.45, 2.75) is 11.3 Å². The van der Waals surface area contributed by atoms with Crippen molar-refractivity contribution in [2.24, 2.45) is 0 Å². The lowest BCUT2D eigenvalue weighted by Crippen LogP contribution is -2.10. The highest BCUT2D eigenvalue weighted by Gasteiger charge is 2.14. The van der Waals surface area contributed by atoms with Crippen LogP contribution in [-0.2, 0) is 9.84 Å². The molecule has 2 rings (SSSR count). The van der Waals surface area contributed by atoms with Gasteiger partial charge >= 0.3 is 5.97 Å². The maximum atomic E-state index is 12.2. The summed E-state index contributed by atoms with van der Waals surface area (Å²) in [6.07, 6.45) is 0.246. The second-order valence-corrected chi connectivity index (χ2v) is 7.29. The zero-order chi connectivity index (χ0) is 18.4. The average molecular weight is 366 g/mol. The van der Waals surface area contributed by atoms with Gasteiger partial charge in [0.1, 0.15) is 22.8 Å². The molecule has 0 saturated carbocycles. The minimum absolute atomic E-state index is 0.0987. The van der Waals surface area contributed by atoms with Gasteiger partial charge < -0.3 is 19.7 Å². The second-order valence-electron chi connectivity index (χ2n) is 5.18. The van der Waals surface area contributed by atoms with E-state index in [1.807, 2.05) is 0 Å². The lowest BCUT2D eigenvalue weighted by molar-refractivity contribution is 0.0693. The van der Waals surface area contributed by atoms with Crippen LogP contribution in [0.1, 0.15) is 16.8 Å². The van der Waals surface area contributed by atoms with Crippen molar-refractivity contribution in [1.82, 2.24) is 0 Å². The molecule has 8 heteroatoms. The highest BCUT2D eigenvalue weighted by molar-refractivity contribution is 7.91. The summed E-state index contributed by atoms with van der Waals surface area (Å²) in [5.74, 6) is -0.903. The number of rotatable bonds is 8. The summed E-state index contributed by atoms with van der Waals surface area (Å²) in [5, 5.41) is 18.4. The molecule has 0 aliphatic carbocycles. The van der Waals surface area contributed by atoms with Gasteiger partial charge in [0.25, 0.3) is 0 Å². The van der Waals surface area contributed by atoms with Gasteiger partial charge in [-0.25, -0.2) is 13.2 Å². The highest BCUT2D eigenvalue weighted by atomic mass is 32.2. The van der Waals surface area contributed by atoms with Crippen molar-refractivity contribution in [3.63, 3.8) is 0 Å². The number of carbonyl (C=O) groups is 1. The maximum absolute atomic E-state index is 12.2. The summed E-state index contributed by atoms with van der Waals surface area (Å²) in [4.78, 5) is 11.0. The van der Waals surface area contributed by atoms with E-state index in [0.29, 0.717) is 5.75 Å². The smallest absolute Gasteiger partial charge is 0.339 e. The zero-order valence-corrected chi connectivity index (χ0v) is 14.3. The number of carboxylic acid groups (broad SMARTS) is 1. The molecule has 0 aliphatic heterocycles. The molecule has 134 valence electrons. The van der Waals surface area contributed by atoms with Gasteiger partial charge in [-0.05, 0) is 42.8 Å². The van der Waals surface area contributed by atoms with Crippen LogP contribution in [0.5, 0.6) is 17.2 Å². The Bertz CT molecular complexity index is 842. The first-order chi connectivity index (χ1) is 11.8. The Hall–Kier alpha value is -2.74. The standard InChI is InChI=1S/C17H18O7S/c1-23-12-3-6-14(7-4-12)25(21,22)10-2-9-24-13-5-8-15(17(19)20)16(18)11-13/h3-8,11,18H,2,9-10H2,1H3,(H,19,20). The maximum Gasteiger partial charge on any atom is 0.339 e. The molecule has 2 aromatic rings. The number of benzene rings is 2. The number of aromatic hydroxyl groups is 1. The Labute approximate surface area is 145 Å². The van der Waals surface area contributed by atoms with Gasteiger partial charge in [-0.1, -0.05) is 0 Å². The molecular formula is C17H18O7S. The predicted molar refractivity (Wildman–Crippen MR) is 90.2 cm³/mol. The third kappa shape index (κ3) is 4.87. The van der Waals surface area contributed by atoms with Crippen LogP contribution in [0.4, 0.5) is 0 Å². The SMILES string of the molecule is COc1ccc(S(=O)(=O)CCCOc2ccc(C(=O)O)c(O)c2)cc1. The van der Waals surface area contributed by atoms with Crippen molar-refractivity contribution in [1.29, 1.82) is 0 Å². The number of sulfone groups is 1. The molecule has 25 heavy (non-hydrogen) atoms. The molecule has 0 fully saturated rings. The number of ether oxygens (including phenoxy) is 2. The fraction of sp³-hybridized carbons (Fsp3) is 0.235. The Morgan fingerprint density at radius 3 is 2.28 bits per heavy atom. The van der Waals surface area contributed by atoms with Crippen molar-refractivity contribution in [3.8, 4) is 17.2 Å². The minimum atomic E-state index is -3.43. The summed E-state index contributed by atoms with van der Waals surface area (Å²) in [6.45, 7) is 0.112. The topological polar surface area (TPSA) is 110 Å². The van der Waals surface area contributed by atoms with Crippen LogP contribution in [0.25, 0.3) is 0 Å². The van der Waals surface area contributed by atoms with Crippen molar-refractivity contribution >= 4 is 15.8 Å². The Morgan fingerprint density at radius 2 is 1.72 bits per heavy atom. The van der Waals surface area contributed by atoms with Crippen molar-refractivity contribution < 1.29 is 32.9 Å². The number of carboxylic acids is 1. The highest BCUT2D eigenvalue weighted by Crippen LogP contribution is 2.24. The predicted octanol–water partition coefficient (Wildman–Crippen LogP) is 2.34. The molecule has 0 atom stereocenters. The average Bonchev–Trinajstić information content (AvgIpc) is 2.58. The summed E-state index contributed by atoms with van der Waals surface area (Å²) in [5.41, 5.74) is -0.227. The minimum Gasteiger partial charge on any atom is -0.507 e. The van der Waals surface area contributed by atoms with Gasteiger partial charge in [0.2, 0.25) is 0 Å². The first kappa shape index (κ1) is 18.6. The third-order valence-electron chi connectivity index (χ3n) is 3.44. The third-order valence-corrected chi connectivity index (χ3v) is 5.26. The van der Waals surface area contributed by atoms with Crippen LogP contribution in [0, 0.1) is 0 Å². The molecule has 7 nitrogen and oxygen atoms in total. The molecule has 0 aromatic heterocycles. The number of aromatic carboxylic acids is 1. The number of phenols is 1. The van der Waals surface area contributed by atoms with Crippen LogP contribution >= 0.6 is 0 Å². The molecule has 2 aromatic carbocycles. The normalized spacial score (nSPS) is 11.1. The lowest BCUT2D eigenvalue weighted by atomic mass is 10.2. The Morgan fingerprint density at radius 1 is 1.08 bits per heavy atom. The van der Waals surface area contributed by atoms with E-state index < -0.39 is 21.6 Å². The fourth-order valence-corrected chi connectivity index (χ4v) is 3.41. The quantitative estimate of drug-likeness (QED) is 0.690. The molecular weight excluding hydrogens is 348 g/mol. The van der Waals surface area contributed by atoms with Gasteiger partial charge in [0, 0.05) is 6.07 Å². The van der Waals surface area contributed by atoms with Crippen LogP contribution < -0.4 is 9.47 Å². The van der Waals surface area contributed by atoms with E-state index >= 15 is 0 Å². The van der Waals surface area contributed by atoms with E-state index in [-0.39, 0.29) is 35.0 Å². The summed E-state index contributed by atoms with van der Waals surface area (Å²) in [7, 11) is -1.93. The molecule has 0 radical (unpaired) electrons. The van der Waals surface area contributed by atoms with E-state index in [4.69, 9.17) is 14.6 Å². The number of hydrogen-bond acceptors (Lipinski definition) is 6. The van der Waals surface area contributed by atoms with E-state index in [1.54, 1.807) is 12.1 Å². The summed E-state index contributed by atoms with van der Waals surface area (Å²) >= 11 is 0. The first-order valence-corrected chi connectivity index (χ1v) is 9.04. The molecule has 0 heterocycles. The van der Waals surface area contributed by atoms with Gasteiger partial charge in [0.15, 0.2) is 9.84 Å². The van der Waals surface area contributed by atoms with Crippen LogP contribution in [0.2, 0.25) is 0 Å². The molecule has 0 bridgehead atoms. The fourth-order valence-electron chi connectivity index (χ4n) is 2.12. The summed E-state index contributed by atoms with van der Waals surface area (Å²) < 4.78 is 34.8. The lowest BCUT2D eigenvalue weighted by Gasteiger charge is -2.09. The number of methoxy groups -OCH3 is 1. The van der Waals surface area contributed by atoms with Gasteiger partial charge in [-0.3, -0.25) is 0 Å². The van der Waals surface area contributed by atoms with E-state index in [2.05, 4.69) is 0 Å². The molecule has 0 unspecified atom stereocenters. The Balaban J connectivity index is 1.89. The molecule has 0 aliphatic rings. The van der Waals surface area contributed by atoms with Gasteiger partial charge in [0.05, 0.1) is 24.4 Å². The monoisotopic (exact) mass is 366 g/mol. The number of hydrogen-bond donors (Lipinski definition) is 2. The zero-order valence-electron chi connectivity index (χ0n) is 13.5. The molecule has 2 N–H and O–H groups in total. The second kappa shape index (κ2) is 7.89.